The van der Waals surface area contributed by atoms with Crippen LogP contribution in [0.15, 0.2) is 41.4 Å². The third-order valence-electron chi connectivity index (χ3n) is 5.36. The topological polar surface area (TPSA) is 98.8 Å². The number of methoxy groups -OCH3 is 2. The van der Waals surface area contributed by atoms with E-state index < -0.39 is 0 Å². The first-order chi connectivity index (χ1) is 16.0. The lowest BCUT2D eigenvalue weighted by Gasteiger charge is -2.13. The fourth-order valence-electron chi connectivity index (χ4n) is 3.49. The van der Waals surface area contributed by atoms with Crippen molar-refractivity contribution >= 4 is 24.2 Å². The highest BCUT2D eigenvalue weighted by Crippen LogP contribution is 2.35. The maximum Gasteiger partial charge on any atom is 0.222 e. The Labute approximate surface area is 196 Å². The number of ether oxygens (including phenoxy) is 2. The molecule has 7 nitrogen and oxygen atoms in total. The van der Waals surface area contributed by atoms with Crippen molar-refractivity contribution in [1.29, 1.82) is 10.8 Å². The smallest absolute Gasteiger partial charge is 0.222 e. The predicted molar refractivity (Wildman–Crippen MR) is 134 cm³/mol. The molecule has 0 unspecified atom stereocenters. The molecule has 0 fully saturated rings. The minimum Gasteiger partial charge on any atom is -0.497 e. The summed E-state index contributed by atoms with van der Waals surface area (Å²) in [5.74, 6) is 1.77. The zero-order valence-corrected chi connectivity index (χ0v) is 20.0. The van der Waals surface area contributed by atoms with Crippen LogP contribution in [-0.2, 0) is 17.9 Å². The number of hydrogen-bond acceptors (Lipinski definition) is 5. The van der Waals surface area contributed by atoms with Gasteiger partial charge in [-0.25, -0.2) is 4.99 Å². The summed E-state index contributed by atoms with van der Waals surface area (Å²) in [4.78, 5) is 17.5. The van der Waals surface area contributed by atoms with Crippen LogP contribution in [0, 0.1) is 10.8 Å². The Bertz CT molecular complexity index is 1000. The first kappa shape index (κ1) is 25.8. The van der Waals surface area contributed by atoms with E-state index in [1.165, 1.54) is 11.1 Å². The van der Waals surface area contributed by atoms with Gasteiger partial charge in [0.2, 0.25) is 5.91 Å². The zero-order chi connectivity index (χ0) is 24.2. The third kappa shape index (κ3) is 7.27. The van der Waals surface area contributed by atoms with Crippen LogP contribution >= 0.6 is 0 Å². The Kier molecular flexibility index (Phi) is 10.3. The molecule has 1 amide bonds. The molecule has 2 N–H and O–H groups in total. The van der Waals surface area contributed by atoms with Crippen LogP contribution in [0.3, 0.4) is 0 Å². The maximum atomic E-state index is 11.9. The lowest BCUT2D eigenvalue weighted by Crippen LogP contribution is -2.23. The van der Waals surface area contributed by atoms with Crippen LogP contribution in [0.4, 0.5) is 0 Å². The molecule has 1 aliphatic heterocycles. The van der Waals surface area contributed by atoms with Gasteiger partial charge in [-0.05, 0) is 47.7 Å². The molecule has 0 saturated carbocycles. The number of fused-ring (bicyclic) bond motifs is 1. The number of carbonyl (C=O) groups is 1. The zero-order valence-electron chi connectivity index (χ0n) is 20.0. The molecule has 2 aromatic carbocycles. The molecule has 33 heavy (non-hydrogen) atoms. The normalized spacial score (nSPS) is 12.1. The van der Waals surface area contributed by atoms with Gasteiger partial charge in [-0.15, -0.1) is 0 Å². The average molecular weight is 451 g/mol. The van der Waals surface area contributed by atoms with Crippen LogP contribution in [0.2, 0.25) is 0 Å². The molecule has 0 aromatic heterocycles. The number of amides is 1. The fourth-order valence-corrected chi connectivity index (χ4v) is 3.49. The second-order valence-electron chi connectivity index (χ2n) is 7.64. The van der Waals surface area contributed by atoms with Crippen LogP contribution < -0.4 is 9.47 Å². The van der Waals surface area contributed by atoms with Crippen molar-refractivity contribution in [2.24, 2.45) is 4.99 Å². The quantitative estimate of drug-likeness (QED) is 0.316. The Morgan fingerprint density at radius 3 is 2.48 bits per heavy atom. The highest BCUT2D eigenvalue weighted by atomic mass is 16.5. The van der Waals surface area contributed by atoms with Gasteiger partial charge >= 0.3 is 0 Å². The summed E-state index contributed by atoms with van der Waals surface area (Å²) in [6, 6.07) is 12.2. The number of carbonyl (C=O) groups excluding carboxylic acids is 1. The van der Waals surface area contributed by atoms with Gasteiger partial charge in [0.25, 0.3) is 0 Å². The second-order valence-corrected chi connectivity index (χ2v) is 7.64. The largest absolute Gasteiger partial charge is 0.497 e. The van der Waals surface area contributed by atoms with Crippen molar-refractivity contribution in [3.63, 3.8) is 0 Å². The summed E-state index contributed by atoms with van der Waals surface area (Å²) in [6.07, 6.45) is 6.33. The predicted octanol–water partition coefficient (Wildman–Crippen LogP) is 5.50. The van der Waals surface area contributed by atoms with Gasteiger partial charge in [-0.1, -0.05) is 32.4 Å². The molecule has 0 atom stereocenters. The van der Waals surface area contributed by atoms with Crippen molar-refractivity contribution in [1.82, 2.24) is 4.90 Å². The number of nitrogens with one attached hydrogen (secondary N) is 2. The average Bonchev–Trinajstić information content (AvgIpc) is 3.29. The molecule has 0 aliphatic carbocycles. The third-order valence-corrected chi connectivity index (χ3v) is 5.36. The molecule has 3 rings (SSSR count). The van der Waals surface area contributed by atoms with Crippen LogP contribution in [0.1, 0.15) is 50.7 Å². The number of hydrogen-bond donors (Lipinski definition) is 2. The highest BCUT2D eigenvalue weighted by molar-refractivity contribution is 6.28. The van der Waals surface area contributed by atoms with Gasteiger partial charge in [0.05, 0.1) is 20.4 Å². The molecular weight excluding hydrogens is 416 g/mol. The van der Waals surface area contributed by atoms with Crippen molar-refractivity contribution in [2.45, 2.75) is 52.6 Å². The molecule has 0 bridgehead atoms. The summed E-state index contributed by atoms with van der Waals surface area (Å²) in [5, 5.41) is 13.6. The minimum atomic E-state index is 0.0242. The molecule has 0 radical (unpaired) electrons. The number of nitrogens with zero attached hydrogens (tertiary/aromatic N) is 2. The molecular formula is C26H34N4O3. The van der Waals surface area contributed by atoms with E-state index in [1.54, 1.807) is 20.4 Å². The van der Waals surface area contributed by atoms with E-state index >= 15 is 0 Å². The number of unbranched alkanes of at least 4 members (excludes halogenated alkanes) is 2. The van der Waals surface area contributed by atoms with E-state index in [9.17, 15) is 4.79 Å². The van der Waals surface area contributed by atoms with E-state index in [-0.39, 0.29) is 11.7 Å². The van der Waals surface area contributed by atoms with E-state index in [1.807, 2.05) is 30.0 Å². The van der Waals surface area contributed by atoms with Gasteiger partial charge in [0.1, 0.15) is 11.5 Å². The van der Waals surface area contributed by atoms with Gasteiger partial charge in [0.15, 0.2) is 5.84 Å². The van der Waals surface area contributed by atoms with Gasteiger partial charge in [0, 0.05) is 37.4 Å². The number of aliphatic imine (C=N–C) groups is 1. The fraction of sp³-hybridized carbons (Fsp3) is 0.385. The van der Waals surface area contributed by atoms with E-state index in [2.05, 4.69) is 30.1 Å². The maximum absolute atomic E-state index is 11.9. The van der Waals surface area contributed by atoms with Crippen molar-refractivity contribution in [3.8, 4) is 22.6 Å². The highest BCUT2D eigenvalue weighted by Gasteiger charge is 2.22. The monoisotopic (exact) mass is 450 g/mol. The van der Waals surface area contributed by atoms with Crippen molar-refractivity contribution in [2.75, 3.05) is 14.2 Å². The second kappa shape index (κ2) is 13.2. The Balaban J connectivity index is 0.000000328. The van der Waals surface area contributed by atoms with Crippen molar-refractivity contribution < 1.29 is 14.3 Å². The molecule has 176 valence electrons. The summed E-state index contributed by atoms with van der Waals surface area (Å²) >= 11 is 0. The summed E-state index contributed by atoms with van der Waals surface area (Å²) in [6.45, 7) is 5.41. The molecule has 1 aliphatic rings. The van der Waals surface area contributed by atoms with Gasteiger partial charge in [-0.3, -0.25) is 10.2 Å². The van der Waals surface area contributed by atoms with Crippen molar-refractivity contribution in [3.05, 3.63) is 47.5 Å². The lowest BCUT2D eigenvalue weighted by atomic mass is 10.00. The van der Waals surface area contributed by atoms with E-state index in [0.717, 1.165) is 48.1 Å². The Hall–Kier alpha value is -3.48. The summed E-state index contributed by atoms with van der Waals surface area (Å²) in [7, 11) is 3.30. The van der Waals surface area contributed by atoms with Gasteiger partial charge < -0.3 is 19.8 Å². The SMILES string of the molecule is CCC(=O)N1Cc2ccc(-c3ccc(OC)cc3OC)cc2C1.CCCCC=NC(=N)C=N. The Morgan fingerprint density at radius 1 is 1.09 bits per heavy atom. The first-order valence-electron chi connectivity index (χ1n) is 11.2. The first-order valence-corrected chi connectivity index (χ1v) is 11.2. The van der Waals surface area contributed by atoms with E-state index in [0.29, 0.717) is 19.5 Å². The minimum absolute atomic E-state index is 0.0242. The van der Waals surface area contributed by atoms with Crippen LogP contribution in [0.25, 0.3) is 11.1 Å². The molecule has 2 aromatic rings. The van der Waals surface area contributed by atoms with Crippen LogP contribution in [0.5, 0.6) is 11.5 Å². The molecule has 7 heteroatoms. The Morgan fingerprint density at radius 2 is 1.85 bits per heavy atom. The number of rotatable bonds is 8. The van der Waals surface area contributed by atoms with E-state index in [4.69, 9.17) is 20.3 Å². The summed E-state index contributed by atoms with van der Waals surface area (Å²) in [5.41, 5.74) is 4.55. The van der Waals surface area contributed by atoms with Crippen LogP contribution in [-0.4, -0.2) is 43.3 Å². The molecule has 0 spiro atoms. The summed E-state index contributed by atoms with van der Waals surface area (Å²) < 4.78 is 10.7. The number of amidine groups is 1. The number of benzene rings is 2. The standard InChI is InChI=1S/C19H21NO3.C7H13N3/c1-4-19(21)20-11-14-6-5-13(9-15(14)12-20)17-8-7-16(22-2)10-18(17)23-3;1-2-3-4-5-10-7(9)6-8/h5-10H,4,11-12H2,1-3H3;5-6,8-9H,2-4H2,1H3. The lowest BCUT2D eigenvalue weighted by molar-refractivity contribution is -0.131. The molecule has 0 saturated heterocycles. The molecule has 1 heterocycles. The van der Waals surface area contributed by atoms with Gasteiger partial charge in [-0.2, -0.15) is 0 Å².